The van der Waals surface area contributed by atoms with Crippen molar-refractivity contribution < 1.29 is 9.84 Å². The molecule has 0 aliphatic heterocycles. The first-order valence-corrected chi connectivity index (χ1v) is 6.26. The monoisotopic (exact) mass is 249 g/mol. The van der Waals surface area contributed by atoms with Gasteiger partial charge >= 0.3 is 0 Å². The molecule has 0 bridgehead atoms. The quantitative estimate of drug-likeness (QED) is 0.906. The van der Waals surface area contributed by atoms with Gasteiger partial charge in [0.25, 0.3) is 0 Å². The SMILES string of the molecule is Cc1cccc(OCc2nc(C)c(CO)s2)c1. The van der Waals surface area contributed by atoms with Gasteiger partial charge in [-0.05, 0) is 31.5 Å². The second kappa shape index (κ2) is 5.29. The lowest BCUT2D eigenvalue weighted by molar-refractivity contribution is 0.284. The lowest BCUT2D eigenvalue weighted by atomic mass is 10.2. The third kappa shape index (κ3) is 3.05. The van der Waals surface area contributed by atoms with Crippen LogP contribution in [0, 0.1) is 13.8 Å². The van der Waals surface area contributed by atoms with Crippen molar-refractivity contribution in [2.24, 2.45) is 0 Å². The van der Waals surface area contributed by atoms with E-state index in [0.29, 0.717) is 6.61 Å². The van der Waals surface area contributed by atoms with E-state index in [9.17, 15) is 0 Å². The van der Waals surface area contributed by atoms with E-state index in [1.807, 2.05) is 38.1 Å². The predicted octanol–water partition coefficient (Wildman–Crippen LogP) is 2.83. The highest BCUT2D eigenvalue weighted by molar-refractivity contribution is 7.11. The average molecular weight is 249 g/mol. The number of aryl methyl sites for hydroxylation is 2. The summed E-state index contributed by atoms with van der Waals surface area (Å²) in [5, 5.41) is 9.98. The Kier molecular flexibility index (Phi) is 3.76. The van der Waals surface area contributed by atoms with E-state index in [1.165, 1.54) is 16.9 Å². The molecule has 17 heavy (non-hydrogen) atoms. The third-order valence-corrected chi connectivity index (χ3v) is 3.55. The smallest absolute Gasteiger partial charge is 0.140 e. The summed E-state index contributed by atoms with van der Waals surface area (Å²) in [6.07, 6.45) is 0. The van der Waals surface area contributed by atoms with Crippen LogP contribution in [0.25, 0.3) is 0 Å². The molecule has 0 amide bonds. The standard InChI is InChI=1S/C13H15NO2S/c1-9-4-3-5-11(6-9)16-8-13-14-10(2)12(7-15)17-13/h3-6,15H,7-8H2,1-2H3. The number of nitrogens with zero attached hydrogens (tertiary/aromatic N) is 1. The van der Waals surface area contributed by atoms with Crippen molar-refractivity contribution in [2.45, 2.75) is 27.1 Å². The Morgan fingerprint density at radius 1 is 1.35 bits per heavy atom. The van der Waals surface area contributed by atoms with Gasteiger partial charge in [0.15, 0.2) is 0 Å². The van der Waals surface area contributed by atoms with E-state index in [-0.39, 0.29) is 6.61 Å². The fourth-order valence-corrected chi connectivity index (χ4v) is 2.39. The molecule has 0 fully saturated rings. The van der Waals surface area contributed by atoms with Crippen molar-refractivity contribution in [3.05, 3.63) is 45.4 Å². The molecule has 0 atom stereocenters. The van der Waals surface area contributed by atoms with Gasteiger partial charge in [0.05, 0.1) is 17.2 Å². The minimum Gasteiger partial charge on any atom is -0.486 e. The number of ether oxygens (including phenoxy) is 1. The summed E-state index contributed by atoms with van der Waals surface area (Å²) in [4.78, 5) is 5.26. The molecular formula is C13H15NO2S. The molecule has 90 valence electrons. The summed E-state index contributed by atoms with van der Waals surface area (Å²) < 4.78 is 5.65. The van der Waals surface area contributed by atoms with Gasteiger partial charge in [0.1, 0.15) is 17.4 Å². The maximum Gasteiger partial charge on any atom is 0.140 e. The van der Waals surface area contributed by atoms with Gasteiger partial charge in [0.2, 0.25) is 0 Å². The number of thiazole rings is 1. The van der Waals surface area contributed by atoms with E-state index in [4.69, 9.17) is 9.84 Å². The minimum absolute atomic E-state index is 0.0495. The first-order valence-electron chi connectivity index (χ1n) is 5.44. The maximum absolute atomic E-state index is 9.08. The van der Waals surface area contributed by atoms with Gasteiger partial charge in [0, 0.05) is 0 Å². The number of benzene rings is 1. The van der Waals surface area contributed by atoms with E-state index in [2.05, 4.69) is 4.98 Å². The highest BCUT2D eigenvalue weighted by atomic mass is 32.1. The van der Waals surface area contributed by atoms with Gasteiger partial charge in [-0.2, -0.15) is 0 Å². The third-order valence-electron chi connectivity index (χ3n) is 2.43. The lowest BCUT2D eigenvalue weighted by Gasteiger charge is -2.04. The molecule has 0 unspecified atom stereocenters. The summed E-state index contributed by atoms with van der Waals surface area (Å²) in [7, 11) is 0. The number of hydrogen-bond donors (Lipinski definition) is 1. The molecule has 0 radical (unpaired) electrons. The molecule has 0 aliphatic carbocycles. The van der Waals surface area contributed by atoms with E-state index >= 15 is 0 Å². The fraction of sp³-hybridized carbons (Fsp3) is 0.308. The number of aliphatic hydroxyl groups is 1. The highest BCUT2D eigenvalue weighted by Crippen LogP contribution is 2.20. The second-order valence-corrected chi connectivity index (χ2v) is 5.05. The van der Waals surface area contributed by atoms with Crippen LogP contribution in [0.5, 0.6) is 5.75 Å². The second-order valence-electron chi connectivity index (χ2n) is 3.88. The Morgan fingerprint density at radius 2 is 2.18 bits per heavy atom. The molecule has 0 saturated heterocycles. The fourth-order valence-electron chi connectivity index (χ4n) is 1.55. The van der Waals surface area contributed by atoms with Crippen LogP contribution in [0.15, 0.2) is 24.3 Å². The first-order chi connectivity index (χ1) is 8.19. The van der Waals surface area contributed by atoms with Crippen LogP contribution in [0.3, 0.4) is 0 Å². The Morgan fingerprint density at radius 3 is 2.82 bits per heavy atom. The number of hydrogen-bond acceptors (Lipinski definition) is 4. The number of aliphatic hydroxyl groups excluding tert-OH is 1. The van der Waals surface area contributed by atoms with Crippen LogP contribution < -0.4 is 4.74 Å². The van der Waals surface area contributed by atoms with Gasteiger partial charge in [-0.25, -0.2) is 4.98 Å². The average Bonchev–Trinajstić information content (AvgIpc) is 2.67. The number of rotatable bonds is 4. The Labute approximate surface area is 105 Å². The van der Waals surface area contributed by atoms with Gasteiger partial charge in [-0.15, -0.1) is 11.3 Å². The van der Waals surface area contributed by atoms with Crippen molar-refractivity contribution in [1.82, 2.24) is 4.98 Å². The van der Waals surface area contributed by atoms with Crippen LogP contribution in [0.4, 0.5) is 0 Å². The summed E-state index contributed by atoms with van der Waals surface area (Å²) in [5.74, 6) is 0.850. The van der Waals surface area contributed by atoms with Crippen LogP contribution in [-0.2, 0) is 13.2 Å². The highest BCUT2D eigenvalue weighted by Gasteiger charge is 2.06. The van der Waals surface area contributed by atoms with Crippen LogP contribution >= 0.6 is 11.3 Å². The zero-order valence-electron chi connectivity index (χ0n) is 9.93. The van der Waals surface area contributed by atoms with Gasteiger partial charge in [-0.1, -0.05) is 12.1 Å². The molecule has 0 aliphatic rings. The Hall–Kier alpha value is -1.39. The summed E-state index contributed by atoms with van der Waals surface area (Å²) in [6.45, 7) is 4.44. The van der Waals surface area contributed by atoms with E-state index in [0.717, 1.165) is 21.3 Å². The van der Waals surface area contributed by atoms with Crippen LogP contribution in [0.1, 0.15) is 21.1 Å². The molecule has 2 rings (SSSR count). The van der Waals surface area contributed by atoms with Gasteiger partial charge < -0.3 is 9.84 Å². The normalized spacial score (nSPS) is 10.5. The van der Waals surface area contributed by atoms with E-state index in [1.54, 1.807) is 0 Å². The first kappa shape index (κ1) is 12.1. The number of aromatic nitrogens is 1. The molecule has 1 aromatic carbocycles. The van der Waals surface area contributed by atoms with Crippen LogP contribution in [0.2, 0.25) is 0 Å². The topological polar surface area (TPSA) is 42.4 Å². The van der Waals surface area contributed by atoms with Gasteiger partial charge in [-0.3, -0.25) is 0 Å². The van der Waals surface area contributed by atoms with Crippen LogP contribution in [-0.4, -0.2) is 10.1 Å². The molecular weight excluding hydrogens is 234 g/mol. The molecule has 0 saturated carbocycles. The molecule has 3 nitrogen and oxygen atoms in total. The lowest BCUT2D eigenvalue weighted by Crippen LogP contribution is -1.94. The maximum atomic E-state index is 9.08. The predicted molar refractivity (Wildman–Crippen MR) is 68.3 cm³/mol. The summed E-state index contributed by atoms with van der Waals surface area (Å²) in [6, 6.07) is 7.93. The van der Waals surface area contributed by atoms with Crippen molar-refractivity contribution in [1.29, 1.82) is 0 Å². The Bertz CT molecular complexity index is 508. The zero-order chi connectivity index (χ0) is 12.3. The Balaban J connectivity index is 2.02. The van der Waals surface area contributed by atoms with E-state index < -0.39 is 0 Å². The summed E-state index contributed by atoms with van der Waals surface area (Å²) in [5.41, 5.74) is 2.06. The molecule has 2 aromatic rings. The largest absolute Gasteiger partial charge is 0.486 e. The zero-order valence-corrected chi connectivity index (χ0v) is 10.8. The van der Waals surface area contributed by atoms with Crippen molar-refractivity contribution in [3.8, 4) is 5.75 Å². The molecule has 0 spiro atoms. The molecule has 1 heterocycles. The molecule has 4 heteroatoms. The molecule has 1 aromatic heterocycles. The van der Waals surface area contributed by atoms with Crippen molar-refractivity contribution >= 4 is 11.3 Å². The summed E-state index contributed by atoms with van der Waals surface area (Å²) >= 11 is 1.50. The van der Waals surface area contributed by atoms with Crippen molar-refractivity contribution in [2.75, 3.05) is 0 Å². The molecule has 1 N–H and O–H groups in total. The minimum atomic E-state index is 0.0495. The van der Waals surface area contributed by atoms with Crippen molar-refractivity contribution in [3.63, 3.8) is 0 Å².